The second-order valence-electron chi connectivity index (χ2n) is 4.82. The zero-order chi connectivity index (χ0) is 13.2. The number of nitrogens with one attached hydrogen (secondary N) is 1. The average molecular weight is 268 g/mol. The van der Waals surface area contributed by atoms with Crippen molar-refractivity contribution in [2.75, 3.05) is 19.6 Å². The Morgan fingerprint density at radius 3 is 2.56 bits per heavy atom. The minimum absolute atomic E-state index is 0.0475. The van der Waals surface area contributed by atoms with Crippen molar-refractivity contribution in [2.45, 2.75) is 31.2 Å². The molecule has 1 heterocycles. The number of benzene rings is 1. The summed E-state index contributed by atoms with van der Waals surface area (Å²) in [7, 11) is -3.36. The molecule has 2 rings (SSSR count). The van der Waals surface area contributed by atoms with Gasteiger partial charge in [0.2, 0.25) is 10.0 Å². The smallest absolute Gasteiger partial charge is 0.243 e. The molecule has 0 spiro atoms. The first-order valence-electron chi connectivity index (χ1n) is 6.31. The maximum Gasteiger partial charge on any atom is 0.243 e. The normalized spacial score (nSPS) is 22.7. The van der Waals surface area contributed by atoms with Gasteiger partial charge >= 0.3 is 0 Å². The van der Waals surface area contributed by atoms with Gasteiger partial charge < -0.3 is 5.32 Å². The quantitative estimate of drug-likeness (QED) is 0.881. The molecular formula is C13H20N2O2S. The van der Waals surface area contributed by atoms with E-state index < -0.39 is 10.0 Å². The van der Waals surface area contributed by atoms with Gasteiger partial charge in [0, 0.05) is 19.1 Å². The lowest BCUT2D eigenvalue weighted by molar-refractivity contribution is 0.350. The van der Waals surface area contributed by atoms with Gasteiger partial charge in [-0.05, 0) is 38.9 Å². The third-order valence-electron chi connectivity index (χ3n) is 3.37. The summed E-state index contributed by atoms with van der Waals surface area (Å²) >= 11 is 0. The first-order chi connectivity index (χ1) is 8.51. The van der Waals surface area contributed by atoms with Crippen LogP contribution in [0.2, 0.25) is 0 Å². The summed E-state index contributed by atoms with van der Waals surface area (Å²) in [6.07, 6.45) is 0.852. The van der Waals surface area contributed by atoms with Crippen molar-refractivity contribution in [3.63, 3.8) is 0 Å². The van der Waals surface area contributed by atoms with Crippen LogP contribution < -0.4 is 5.32 Å². The minimum atomic E-state index is -3.36. The van der Waals surface area contributed by atoms with Crippen molar-refractivity contribution in [2.24, 2.45) is 0 Å². The molecule has 1 unspecified atom stereocenters. The highest BCUT2D eigenvalue weighted by molar-refractivity contribution is 7.89. The van der Waals surface area contributed by atoms with E-state index in [-0.39, 0.29) is 6.04 Å². The molecule has 5 heteroatoms. The minimum Gasteiger partial charge on any atom is -0.315 e. The van der Waals surface area contributed by atoms with E-state index in [0.29, 0.717) is 11.4 Å². The fourth-order valence-electron chi connectivity index (χ4n) is 2.19. The molecule has 1 atom stereocenters. The molecule has 1 aliphatic rings. The van der Waals surface area contributed by atoms with E-state index in [2.05, 4.69) is 5.32 Å². The van der Waals surface area contributed by atoms with Gasteiger partial charge in [0.1, 0.15) is 0 Å². The lowest BCUT2D eigenvalue weighted by Crippen LogP contribution is -2.39. The molecule has 1 aromatic rings. The highest BCUT2D eigenvalue weighted by Gasteiger charge is 2.29. The van der Waals surface area contributed by atoms with Gasteiger partial charge in [-0.1, -0.05) is 17.7 Å². The fraction of sp³-hybridized carbons (Fsp3) is 0.538. The first kappa shape index (κ1) is 13.5. The van der Waals surface area contributed by atoms with Crippen LogP contribution in [0.25, 0.3) is 0 Å². The summed E-state index contributed by atoms with van der Waals surface area (Å²) in [5.74, 6) is 0. The molecule has 1 fully saturated rings. The zero-order valence-corrected chi connectivity index (χ0v) is 11.7. The predicted molar refractivity (Wildman–Crippen MR) is 72.0 cm³/mol. The van der Waals surface area contributed by atoms with E-state index in [4.69, 9.17) is 0 Å². The molecule has 0 aliphatic carbocycles. The number of sulfonamides is 1. The molecule has 0 saturated carbocycles. The van der Waals surface area contributed by atoms with Crippen molar-refractivity contribution >= 4 is 10.0 Å². The van der Waals surface area contributed by atoms with Crippen LogP contribution in [0.4, 0.5) is 0 Å². The van der Waals surface area contributed by atoms with Crippen LogP contribution >= 0.6 is 0 Å². The zero-order valence-electron chi connectivity index (χ0n) is 10.9. The standard InChI is InChI=1S/C13H20N2O2S/c1-11-3-5-13(6-4-11)18(16,17)15-10-9-14-8-7-12(15)2/h3-6,12,14H,7-10H2,1-2H3. The van der Waals surface area contributed by atoms with Gasteiger partial charge in [0.25, 0.3) is 0 Å². The Balaban J connectivity index is 2.31. The Kier molecular flexibility index (Phi) is 4.04. The summed E-state index contributed by atoms with van der Waals surface area (Å²) < 4.78 is 26.7. The molecule has 0 aromatic heterocycles. The lowest BCUT2D eigenvalue weighted by Gasteiger charge is -2.25. The van der Waals surface area contributed by atoms with Crippen LogP contribution in [0.1, 0.15) is 18.9 Å². The van der Waals surface area contributed by atoms with Crippen LogP contribution in [-0.4, -0.2) is 38.4 Å². The Hall–Kier alpha value is -0.910. The van der Waals surface area contributed by atoms with Gasteiger partial charge in [0.05, 0.1) is 4.90 Å². The van der Waals surface area contributed by atoms with E-state index in [9.17, 15) is 8.42 Å². The monoisotopic (exact) mass is 268 g/mol. The van der Waals surface area contributed by atoms with Gasteiger partial charge in [-0.2, -0.15) is 4.31 Å². The van der Waals surface area contributed by atoms with E-state index in [1.807, 2.05) is 26.0 Å². The second kappa shape index (κ2) is 5.38. The topological polar surface area (TPSA) is 49.4 Å². The number of rotatable bonds is 2. The van der Waals surface area contributed by atoms with E-state index in [1.54, 1.807) is 16.4 Å². The summed E-state index contributed by atoms with van der Waals surface area (Å²) in [4.78, 5) is 0.391. The van der Waals surface area contributed by atoms with Crippen LogP contribution in [0.15, 0.2) is 29.2 Å². The number of nitrogens with zero attached hydrogens (tertiary/aromatic N) is 1. The molecule has 100 valence electrons. The SMILES string of the molecule is Cc1ccc(S(=O)(=O)N2CCNCCC2C)cc1. The first-order valence-corrected chi connectivity index (χ1v) is 7.75. The van der Waals surface area contributed by atoms with Crippen molar-refractivity contribution in [1.82, 2.24) is 9.62 Å². The van der Waals surface area contributed by atoms with Crippen molar-refractivity contribution in [1.29, 1.82) is 0 Å². The number of hydrogen-bond acceptors (Lipinski definition) is 3. The predicted octanol–water partition coefficient (Wildman–Crippen LogP) is 1.37. The van der Waals surface area contributed by atoms with E-state index in [0.717, 1.165) is 25.1 Å². The highest BCUT2D eigenvalue weighted by Crippen LogP contribution is 2.20. The lowest BCUT2D eigenvalue weighted by atomic mass is 10.2. The number of aryl methyl sites for hydroxylation is 1. The molecule has 4 nitrogen and oxygen atoms in total. The molecule has 1 N–H and O–H groups in total. The summed E-state index contributed by atoms with van der Waals surface area (Å²) in [5, 5.41) is 3.23. The van der Waals surface area contributed by atoms with Crippen molar-refractivity contribution in [3.8, 4) is 0 Å². The van der Waals surface area contributed by atoms with Gasteiger partial charge in [-0.25, -0.2) is 8.42 Å². The molecule has 0 amide bonds. The maximum absolute atomic E-state index is 12.6. The van der Waals surface area contributed by atoms with Crippen LogP contribution in [0.3, 0.4) is 0 Å². The third kappa shape index (κ3) is 2.74. The number of hydrogen-bond donors (Lipinski definition) is 1. The van der Waals surface area contributed by atoms with Gasteiger partial charge in [0.15, 0.2) is 0 Å². The summed E-state index contributed by atoms with van der Waals surface area (Å²) in [5.41, 5.74) is 1.07. The molecule has 1 saturated heterocycles. The van der Waals surface area contributed by atoms with Crippen molar-refractivity contribution < 1.29 is 8.42 Å². The molecule has 0 radical (unpaired) electrons. The molecular weight excluding hydrogens is 248 g/mol. The summed E-state index contributed by atoms with van der Waals surface area (Å²) in [6, 6.07) is 7.11. The molecule has 0 bridgehead atoms. The van der Waals surface area contributed by atoms with Crippen molar-refractivity contribution in [3.05, 3.63) is 29.8 Å². The Labute approximate surface area is 109 Å². The molecule has 1 aliphatic heterocycles. The maximum atomic E-state index is 12.6. The Bertz CT molecular complexity index is 496. The van der Waals surface area contributed by atoms with Gasteiger partial charge in [-0.3, -0.25) is 0 Å². The Morgan fingerprint density at radius 2 is 1.89 bits per heavy atom. The fourth-order valence-corrected chi connectivity index (χ4v) is 3.85. The molecule has 1 aromatic carbocycles. The van der Waals surface area contributed by atoms with Crippen LogP contribution in [-0.2, 0) is 10.0 Å². The van der Waals surface area contributed by atoms with Crippen LogP contribution in [0.5, 0.6) is 0 Å². The largest absolute Gasteiger partial charge is 0.315 e. The Morgan fingerprint density at radius 1 is 1.22 bits per heavy atom. The van der Waals surface area contributed by atoms with E-state index in [1.165, 1.54) is 0 Å². The van der Waals surface area contributed by atoms with Gasteiger partial charge in [-0.15, -0.1) is 0 Å². The summed E-state index contributed by atoms with van der Waals surface area (Å²) in [6.45, 7) is 6.06. The highest BCUT2D eigenvalue weighted by atomic mass is 32.2. The third-order valence-corrected chi connectivity index (χ3v) is 5.39. The second-order valence-corrected chi connectivity index (χ2v) is 6.71. The van der Waals surface area contributed by atoms with Crippen LogP contribution in [0, 0.1) is 6.92 Å². The average Bonchev–Trinajstić information content (AvgIpc) is 2.55. The van der Waals surface area contributed by atoms with E-state index >= 15 is 0 Å². The molecule has 18 heavy (non-hydrogen) atoms.